The van der Waals surface area contributed by atoms with Gasteiger partial charge in [-0.15, -0.1) is 0 Å². The fraction of sp³-hybridized carbons (Fsp3) is 0.350. The number of anilines is 2. The summed E-state index contributed by atoms with van der Waals surface area (Å²) in [6, 6.07) is 10.3. The number of likely N-dealkylation sites (tertiary alicyclic amines) is 1. The molecule has 2 N–H and O–H groups in total. The molecule has 1 amide bonds. The lowest BCUT2D eigenvalue weighted by Gasteiger charge is -2.29. The summed E-state index contributed by atoms with van der Waals surface area (Å²) in [5, 5.41) is 1.19. The van der Waals surface area contributed by atoms with Crippen LogP contribution in [-0.2, 0) is 0 Å². The van der Waals surface area contributed by atoms with Crippen LogP contribution in [0, 0.1) is 0 Å². The van der Waals surface area contributed by atoms with Gasteiger partial charge in [-0.25, -0.2) is 0 Å². The molecular formula is C20H22N4O2. The predicted molar refractivity (Wildman–Crippen MR) is 101 cm³/mol. The zero-order valence-corrected chi connectivity index (χ0v) is 14.6. The standard InChI is InChI=1S/C20H22N4O2/c25-20(23-8-2-1-3-9-23)17-13-18-19(22-17)24(10-11-26-18)15-5-4-14-6-7-21-16(14)12-15/h4-7,12-13,21-22H,1-3,8-11H2. The minimum atomic E-state index is 0.0717. The first kappa shape index (κ1) is 15.4. The zero-order chi connectivity index (χ0) is 17.5. The highest BCUT2D eigenvalue weighted by atomic mass is 16.5. The van der Waals surface area contributed by atoms with E-state index in [1.165, 1.54) is 11.8 Å². The van der Waals surface area contributed by atoms with Gasteiger partial charge in [0.05, 0.1) is 6.54 Å². The Morgan fingerprint density at radius 1 is 1.04 bits per heavy atom. The summed E-state index contributed by atoms with van der Waals surface area (Å²) in [5.74, 6) is 1.69. The predicted octanol–water partition coefficient (Wildman–Crippen LogP) is 3.65. The normalized spacial score (nSPS) is 17.2. The molecule has 26 heavy (non-hydrogen) atoms. The Morgan fingerprint density at radius 2 is 1.92 bits per heavy atom. The maximum atomic E-state index is 12.8. The molecule has 0 bridgehead atoms. The molecule has 0 spiro atoms. The number of aromatic amines is 2. The fourth-order valence-corrected chi connectivity index (χ4v) is 3.94. The van der Waals surface area contributed by atoms with Crippen molar-refractivity contribution < 1.29 is 9.53 Å². The van der Waals surface area contributed by atoms with Crippen molar-refractivity contribution in [2.24, 2.45) is 0 Å². The van der Waals surface area contributed by atoms with Gasteiger partial charge in [0, 0.05) is 36.6 Å². The summed E-state index contributed by atoms with van der Waals surface area (Å²) in [6.07, 6.45) is 5.34. The molecule has 1 aromatic carbocycles. The number of carbonyl (C=O) groups is 1. The SMILES string of the molecule is O=C(c1cc2c([nH]1)N(c1ccc3cc[nH]c3c1)CCO2)N1CCCCC1. The zero-order valence-electron chi connectivity index (χ0n) is 14.6. The quantitative estimate of drug-likeness (QED) is 0.741. The first-order valence-electron chi connectivity index (χ1n) is 9.29. The van der Waals surface area contributed by atoms with Crippen LogP contribution < -0.4 is 9.64 Å². The van der Waals surface area contributed by atoms with Crippen LogP contribution in [0.2, 0.25) is 0 Å². The Hall–Kier alpha value is -2.89. The van der Waals surface area contributed by atoms with E-state index in [0.29, 0.717) is 12.3 Å². The van der Waals surface area contributed by atoms with Crippen molar-refractivity contribution in [3.05, 3.63) is 42.2 Å². The molecule has 4 heterocycles. The van der Waals surface area contributed by atoms with Crippen LogP contribution in [0.1, 0.15) is 29.8 Å². The molecule has 0 saturated carbocycles. The molecule has 5 rings (SSSR count). The van der Waals surface area contributed by atoms with Crippen LogP contribution in [0.3, 0.4) is 0 Å². The van der Waals surface area contributed by atoms with Gasteiger partial charge in [-0.05, 0) is 42.8 Å². The highest BCUT2D eigenvalue weighted by Crippen LogP contribution is 2.37. The number of nitrogens with one attached hydrogen (secondary N) is 2. The second-order valence-corrected chi connectivity index (χ2v) is 7.00. The van der Waals surface area contributed by atoms with E-state index in [1.54, 1.807) is 0 Å². The van der Waals surface area contributed by atoms with Gasteiger partial charge in [0.1, 0.15) is 12.3 Å². The molecule has 0 atom stereocenters. The molecule has 6 nitrogen and oxygen atoms in total. The number of fused-ring (bicyclic) bond motifs is 2. The second-order valence-electron chi connectivity index (χ2n) is 7.00. The van der Waals surface area contributed by atoms with Gasteiger partial charge in [0.2, 0.25) is 0 Å². The summed E-state index contributed by atoms with van der Waals surface area (Å²) in [6.45, 7) is 3.04. The maximum Gasteiger partial charge on any atom is 0.270 e. The highest BCUT2D eigenvalue weighted by molar-refractivity contribution is 5.95. The summed E-state index contributed by atoms with van der Waals surface area (Å²) in [5.41, 5.74) is 2.81. The smallest absolute Gasteiger partial charge is 0.270 e. The van der Waals surface area contributed by atoms with Crippen molar-refractivity contribution in [1.82, 2.24) is 14.9 Å². The number of carbonyl (C=O) groups excluding carboxylic acids is 1. The van der Waals surface area contributed by atoms with E-state index in [2.05, 4.69) is 39.1 Å². The summed E-state index contributed by atoms with van der Waals surface area (Å²) in [7, 11) is 0. The van der Waals surface area contributed by atoms with Crippen LogP contribution in [0.4, 0.5) is 11.5 Å². The number of amides is 1. The number of benzene rings is 1. The molecule has 0 unspecified atom stereocenters. The molecule has 2 aliphatic heterocycles. The van der Waals surface area contributed by atoms with Crippen molar-refractivity contribution in [1.29, 1.82) is 0 Å². The number of rotatable bonds is 2. The first-order chi connectivity index (χ1) is 12.8. The van der Waals surface area contributed by atoms with E-state index in [4.69, 9.17) is 4.74 Å². The van der Waals surface area contributed by atoms with Gasteiger partial charge in [0.25, 0.3) is 5.91 Å². The van der Waals surface area contributed by atoms with E-state index in [0.717, 1.165) is 55.2 Å². The second kappa shape index (κ2) is 6.12. The first-order valence-corrected chi connectivity index (χ1v) is 9.29. The fourth-order valence-electron chi connectivity index (χ4n) is 3.94. The third kappa shape index (κ3) is 2.53. The van der Waals surface area contributed by atoms with Gasteiger partial charge in [-0.2, -0.15) is 0 Å². The lowest BCUT2D eigenvalue weighted by Crippen LogP contribution is -2.35. The van der Waals surface area contributed by atoms with Crippen molar-refractivity contribution in [2.45, 2.75) is 19.3 Å². The van der Waals surface area contributed by atoms with Crippen LogP contribution >= 0.6 is 0 Å². The molecule has 6 heteroatoms. The number of hydrogen-bond acceptors (Lipinski definition) is 3. The number of piperidine rings is 1. The van der Waals surface area contributed by atoms with Gasteiger partial charge in [0.15, 0.2) is 11.6 Å². The van der Waals surface area contributed by atoms with Gasteiger partial charge < -0.3 is 24.5 Å². The van der Waals surface area contributed by atoms with Crippen molar-refractivity contribution >= 4 is 28.3 Å². The van der Waals surface area contributed by atoms with E-state index in [-0.39, 0.29) is 5.91 Å². The van der Waals surface area contributed by atoms with Gasteiger partial charge >= 0.3 is 0 Å². The van der Waals surface area contributed by atoms with E-state index in [1.807, 2.05) is 17.2 Å². The van der Waals surface area contributed by atoms with Crippen LogP contribution in [0.25, 0.3) is 10.9 Å². The lowest BCUT2D eigenvalue weighted by atomic mass is 10.1. The number of aromatic nitrogens is 2. The molecule has 0 radical (unpaired) electrons. The van der Waals surface area contributed by atoms with Crippen LogP contribution in [-0.4, -0.2) is 47.0 Å². The van der Waals surface area contributed by atoms with E-state index < -0.39 is 0 Å². The Morgan fingerprint density at radius 3 is 2.81 bits per heavy atom. The molecule has 134 valence electrons. The number of nitrogens with zero attached hydrogens (tertiary/aromatic N) is 2. The summed E-state index contributed by atoms with van der Waals surface area (Å²) >= 11 is 0. The Labute approximate surface area is 151 Å². The van der Waals surface area contributed by atoms with E-state index >= 15 is 0 Å². The number of H-pyrrole nitrogens is 2. The highest BCUT2D eigenvalue weighted by Gasteiger charge is 2.27. The summed E-state index contributed by atoms with van der Waals surface area (Å²) < 4.78 is 5.81. The summed E-state index contributed by atoms with van der Waals surface area (Å²) in [4.78, 5) is 23.5. The Kier molecular flexibility index (Phi) is 3.62. The third-order valence-electron chi connectivity index (χ3n) is 5.33. The molecule has 1 saturated heterocycles. The van der Waals surface area contributed by atoms with Crippen LogP contribution in [0.5, 0.6) is 5.75 Å². The number of ether oxygens (including phenoxy) is 1. The minimum Gasteiger partial charge on any atom is -0.488 e. The molecule has 3 aromatic rings. The van der Waals surface area contributed by atoms with Crippen molar-refractivity contribution in [2.75, 3.05) is 31.1 Å². The molecule has 2 aliphatic rings. The van der Waals surface area contributed by atoms with Crippen molar-refractivity contribution in [3.8, 4) is 5.75 Å². The lowest BCUT2D eigenvalue weighted by molar-refractivity contribution is 0.0719. The average Bonchev–Trinajstić information content (AvgIpc) is 3.33. The monoisotopic (exact) mass is 350 g/mol. The molecule has 1 fully saturated rings. The van der Waals surface area contributed by atoms with Crippen molar-refractivity contribution in [3.63, 3.8) is 0 Å². The average molecular weight is 350 g/mol. The van der Waals surface area contributed by atoms with E-state index in [9.17, 15) is 4.79 Å². The molecular weight excluding hydrogens is 328 g/mol. The third-order valence-corrected chi connectivity index (χ3v) is 5.33. The van der Waals surface area contributed by atoms with Gasteiger partial charge in [-0.1, -0.05) is 6.07 Å². The Balaban J connectivity index is 1.48. The minimum absolute atomic E-state index is 0.0717. The van der Waals surface area contributed by atoms with Crippen LogP contribution in [0.15, 0.2) is 36.5 Å². The maximum absolute atomic E-state index is 12.8. The topological polar surface area (TPSA) is 64.4 Å². The number of hydrogen-bond donors (Lipinski definition) is 2. The molecule has 0 aliphatic carbocycles. The van der Waals surface area contributed by atoms with Gasteiger partial charge in [-0.3, -0.25) is 4.79 Å². The largest absolute Gasteiger partial charge is 0.488 e. The molecule has 2 aromatic heterocycles. The Bertz CT molecular complexity index is 952.